The van der Waals surface area contributed by atoms with Crippen molar-refractivity contribution in [3.63, 3.8) is 0 Å². The van der Waals surface area contributed by atoms with Crippen LogP contribution in [-0.4, -0.2) is 18.3 Å². The molecule has 1 N–H and O–H groups in total. The van der Waals surface area contributed by atoms with Crippen molar-refractivity contribution in [1.29, 1.82) is 0 Å². The monoisotopic (exact) mass is 217 g/mol. The van der Waals surface area contributed by atoms with Gasteiger partial charge >= 0.3 is 0 Å². The maximum Gasteiger partial charge on any atom is 0.256 e. The van der Waals surface area contributed by atoms with Crippen LogP contribution in [-0.2, 0) is 4.74 Å². The Morgan fingerprint density at radius 2 is 1.71 bits per heavy atom. The van der Waals surface area contributed by atoms with Crippen molar-refractivity contribution in [2.75, 3.05) is 13.2 Å². The number of hydrogen-bond acceptors (Lipinski definition) is 2. The van der Waals surface area contributed by atoms with Crippen molar-refractivity contribution in [3.8, 4) is 0 Å². The first-order valence-electron chi connectivity index (χ1n) is 5.71. The molecule has 0 saturated carbocycles. The highest BCUT2D eigenvalue weighted by Gasteiger charge is 1.95. The van der Waals surface area contributed by atoms with E-state index in [2.05, 4.69) is 19.2 Å². The molecule has 0 unspecified atom stereocenters. The predicted molar refractivity (Wildman–Crippen MR) is 65.6 cm³/mol. The first-order chi connectivity index (χ1) is 6.81. The molecule has 0 aliphatic heterocycles. The molecule has 3 heteroatoms. The van der Waals surface area contributed by atoms with Gasteiger partial charge in [0.15, 0.2) is 0 Å². The normalized spacial score (nSPS) is 9.86. The van der Waals surface area contributed by atoms with Crippen LogP contribution in [0.5, 0.6) is 0 Å². The van der Waals surface area contributed by atoms with Crippen LogP contribution in [0.1, 0.15) is 52.4 Å². The Kier molecular flexibility index (Phi) is 10.5. The van der Waals surface area contributed by atoms with E-state index in [1.807, 2.05) is 0 Å². The molecule has 0 heterocycles. The Bertz CT molecular complexity index is 125. The Hall–Kier alpha value is -0.310. The SMILES string of the molecule is CCCCCNC(=S)OCCCCC. The predicted octanol–water partition coefficient (Wildman–Crippen LogP) is 3.26. The standard InChI is InChI=1S/C11H23NOS/c1-3-5-7-9-12-11(14)13-10-8-6-4-2/h3-10H2,1-2H3,(H,12,14). The fourth-order valence-electron chi connectivity index (χ4n) is 1.13. The van der Waals surface area contributed by atoms with Crippen LogP contribution < -0.4 is 5.32 Å². The number of hydrogen-bond donors (Lipinski definition) is 1. The highest BCUT2D eigenvalue weighted by molar-refractivity contribution is 7.80. The zero-order chi connectivity index (χ0) is 10.6. The van der Waals surface area contributed by atoms with Crippen LogP contribution in [0.3, 0.4) is 0 Å². The second kappa shape index (κ2) is 10.8. The van der Waals surface area contributed by atoms with Gasteiger partial charge in [-0.05, 0) is 25.1 Å². The van der Waals surface area contributed by atoms with E-state index in [1.54, 1.807) is 0 Å². The third kappa shape index (κ3) is 9.78. The molecular formula is C11H23NOS. The van der Waals surface area contributed by atoms with E-state index >= 15 is 0 Å². The number of rotatable bonds is 8. The summed E-state index contributed by atoms with van der Waals surface area (Å²) in [7, 11) is 0. The number of unbranched alkanes of at least 4 members (excludes halogenated alkanes) is 4. The van der Waals surface area contributed by atoms with E-state index in [-0.39, 0.29) is 0 Å². The van der Waals surface area contributed by atoms with Gasteiger partial charge < -0.3 is 10.1 Å². The minimum Gasteiger partial charge on any atom is -0.471 e. The third-order valence-electron chi connectivity index (χ3n) is 2.03. The highest BCUT2D eigenvalue weighted by atomic mass is 32.1. The van der Waals surface area contributed by atoms with Crippen LogP contribution in [0.4, 0.5) is 0 Å². The average molecular weight is 217 g/mol. The summed E-state index contributed by atoms with van der Waals surface area (Å²) >= 11 is 5.02. The number of thiocarbonyl (C=S) groups is 1. The van der Waals surface area contributed by atoms with E-state index in [9.17, 15) is 0 Å². The molecule has 0 aromatic heterocycles. The molecule has 0 fully saturated rings. The summed E-state index contributed by atoms with van der Waals surface area (Å²) in [5.74, 6) is 0. The Morgan fingerprint density at radius 3 is 2.36 bits per heavy atom. The lowest BCUT2D eigenvalue weighted by molar-refractivity contribution is 0.288. The highest BCUT2D eigenvalue weighted by Crippen LogP contribution is 1.95. The fourth-order valence-corrected chi connectivity index (χ4v) is 1.32. The summed E-state index contributed by atoms with van der Waals surface area (Å²) in [6.07, 6.45) is 7.22. The van der Waals surface area contributed by atoms with Crippen molar-refractivity contribution in [2.45, 2.75) is 52.4 Å². The topological polar surface area (TPSA) is 21.3 Å². The minimum absolute atomic E-state index is 0.567. The summed E-state index contributed by atoms with van der Waals surface area (Å²) in [5, 5.41) is 3.67. The molecule has 0 amide bonds. The van der Waals surface area contributed by atoms with E-state index in [0.29, 0.717) is 5.17 Å². The van der Waals surface area contributed by atoms with Gasteiger partial charge in [0.1, 0.15) is 0 Å². The van der Waals surface area contributed by atoms with Gasteiger partial charge in [-0.3, -0.25) is 0 Å². The van der Waals surface area contributed by atoms with Crippen LogP contribution in [0, 0.1) is 0 Å². The Balaban J connectivity index is 3.11. The molecule has 0 saturated heterocycles. The summed E-state index contributed by atoms with van der Waals surface area (Å²) in [4.78, 5) is 0. The molecule has 14 heavy (non-hydrogen) atoms. The fraction of sp³-hybridized carbons (Fsp3) is 0.909. The largest absolute Gasteiger partial charge is 0.471 e. The summed E-state index contributed by atoms with van der Waals surface area (Å²) in [6, 6.07) is 0. The van der Waals surface area contributed by atoms with Gasteiger partial charge in [0, 0.05) is 6.54 Å². The van der Waals surface area contributed by atoms with Crippen LogP contribution >= 0.6 is 12.2 Å². The van der Waals surface area contributed by atoms with Crippen LogP contribution in [0.25, 0.3) is 0 Å². The molecule has 0 aromatic rings. The molecule has 0 atom stereocenters. The van der Waals surface area contributed by atoms with Gasteiger partial charge in [0.05, 0.1) is 6.61 Å². The Morgan fingerprint density at radius 1 is 1.07 bits per heavy atom. The van der Waals surface area contributed by atoms with Crippen molar-refractivity contribution in [1.82, 2.24) is 5.32 Å². The quantitative estimate of drug-likeness (QED) is 0.498. The molecule has 0 aliphatic rings. The lowest BCUT2D eigenvalue weighted by Gasteiger charge is -2.08. The van der Waals surface area contributed by atoms with Gasteiger partial charge in [0.25, 0.3) is 5.17 Å². The van der Waals surface area contributed by atoms with Gasteiger partial charge in [-0.15, -0.1) is 0 Å². The first-order valence-corrected chi connectivity index (χ1v) is 6.12. The molecular weight excluding hydrogens is 194 g/mol. The zero-order valence-corrected chi connectivity index (χ0v) is 10.3. The van der Waals surface area contributed by atoms with E-state index in [4.69, 9.17) is 17.0 Å². The molecule has 84 valence electrons. The first kappa shape index (κ1) is 13.7. The van der Waals surface area contributed by atoms with Crippen molar-refractivity contribution >= 4 is 17.4 Å². The Labute approximate surface area is 93.4 Å². The van der Waals surface area contributed by atoms with Crippen LogP contribution in [0.2, 0.25) is 0 Å². The molecule has 0 aliphatic carbocycles. The second-order valence-corrected chi connectivity index (χ2v) is 3.85. The molecule has 0 rings (SSSR count). The lowest BCUT2D eigenvalue weighted by Crippen LogP contribution is -2.25. The molecule has 2 nitrogen and oxygen atoms in total. The lowest BCUT2D eigenvalue weighted by atomic mass is 10.2. The molecule has 0 spiro atoms. The summed E-state index contributed by atoms with van der Waals surface area (Å²) in [5.41, 5.74) is 0. The zero-order valence-electron chi connectivity index (χ0n) is 9.47. The number of nitrogens with one attached hydrogen (secondary N) is 1. The maximum atomic E-state index is 5.34. The minimum atomic E-state index is 0.567. The second-order valence-electron chi connectivity index (χ2n) is 3.48. The van der Waals surface area contributed by atoms with E-state index in [1.165, 1.54) is 32.1 Å². The van der Waals surface area contributed by atoms with E-state index < -0.39 is 0 Å². The summed E-state index contributed by atoms with van der Waals surface area (Å²) in [6.45, 7) is 6.08. The van der Waals surface area contributed by atoms with E-state index in [0.717, 1.165) is 19.6 Å². The average Bonchev–Trinajstić information content (AvgIpc) is 2.19. The van der Waals surface area contributed by atoms with Gasteiger partial charge in [0.2, 0.25) is 0 Å². The molecule has 0 aromatic carbocycles. The molecule has 0 bridgehead atoms. The smallest absolute Gasteiger partial charge is 0.256 e. The van der Waals surface area contributed by atoms with Crippen LogP contribution in [0.15, 0.2) is 0 Å². The van der Waals surface area contributed by atoms with Crippen molar-refractivity contribution in [2.24, 2.45) is 0 Å². The van der Waals surface area contributed by atoms with Crippen molar-refractivity contribution in [3.05, 3.63) is 0 Å². The number of ether oxygens (including phenoxy) is 1. The molecule has 0 radical (unpaired) electrons. The van der Waals surface area contributed by atoms with Crippen molar-refractivity contribution < 1.29 is 4.74 Å². The van der Waals surface area contributed by atoms with Gasteiger partial charge in [-0.1, -0.05) is 39.5 Å². The maximum absolute atomic E-state index is 5.34. The van der Waals surface area contributed by atoms with Gasteiger partial charge in [-0.2, -0.15) is 0 Å². The summed E-state index contributed by atoms with van der Waals surface area (Å²) < 4.78 is 5.34. The van der Waals surface area contributed by atoms with Gasteiger partial charge in [-0.25, -0.2) is 0 Å². The third-order valence-corrected chi connectivity index (χ3v) is 2.29.